The van der Waals surface area contributed by atoms with Crippen LogP contribution in [0.2, 0.25) is 0 Å². The van der Waals surface area contributed by atoms with Crippen molar-refractivity contribution in [3.63, 3.8) is 0 Å². The first-order valence-corrected chi connectivity index (χ1v) is 12.6. The molecule has 1 heterocycles. The van der Waals surface area contributed by atoms with E-state index in [9.17, 15) is 18.0 Å². The van der Waals surface area contributed by atoms with E-state index in [1.54, 1.807) is 18.2 Å². The maximum Gasteiger partial charge on any atom is 0.241 e. The second-order valence-corrected chi connectivity index (χ2v) is 9.98. The van der Waals surface area contributed by atoms with Crippen LogP contribution in [0.5, 0.6) is 0 Å². The molecule has 1 fully saturated rings. The lowest BCUT2D eigenvalue weighted by atomic mass is 10.1. The average molecular weight is 506 g/mol. The highest BCUT2D eigenvalue weighted by atomic mass is 32.2. The van der Waals surface area contributed by atoms with Crippen LogP contribution in [-0.4, -0.2) is 77.5 Å². The molecule has 12 nitrogen and oxygen atoms in total. The van der Waals surface area contributed by atoms with Gasteiger partial charge in [0.1, 0.15) is 12.6 Å². The number of guanidine groups is 1. The van der Waals surface area contributed by atoms with Crippen molar-refractivity contribution in [1.29, 1.82) is 0 Å². The first kappa shape index (κ1) is 26.0. The number of benzene rings is 2. The Hall–Kier alpha value is -3.58. The molecule has 0 aromatic heterocycles. The van der Waals surface area contributed by atoms with Gasteiger partial charge in [-0.15, -0.1) is 0 Å². The third kappa shape index (κ3) is 6.51. The number of oxime groups is 1. The van der Waals surface area contributed by atoms with E-state index in [1.165, 1.54) is 11.0 Å². The van der Waals surface area contributed by atoms with Gasteiger partial charge in [-0.1, -0.05) is 24.3 Å². The standard InChI is InChI=1S/C22H31N7O5S/c1-28(2)18-9-3-7-16-15(18)6-4-10-19(16)35(32,33)27-17-8-5-12-29(21(17)31)14-20(30)25-11-13-34-26-22(23)24/h3-4,6-7,9-10,17,27H,5,8,11-14H2,1-2H3,(H,25,30)(H4,23,24,26)/t17-/m0/s1. The zero-order chi connectivity index (χ0) is 25.6. The quantitative estimate of drug-likeness (QED) is 0.145. The summed E-state index contributed by atoms with van der Waals surface area (Å²) in [6.45, 7) is 0.361. The van der Waals surface area contributed by atoms with Gasteiger partial charge in [0.05, 0.1) is 18.0 Å². The van der Waals surface area contributed by atoms with Crippen molar-refractivity contribution in [2.24, 2.45) is 16.6 Å². The Morgan fingerprint density at radius 3 is 2.63 bits per heavy atom. The Labute approximate surface area is 204 Å². The summed E-state index contributed by atoms with van der Waals surface area (Å²) in [5, 5.41) is 7.29. The molecule has 2 aromatic carbocycles. The molecule has 0 bridgehead atoms. The molecule has 0 spiro atoms. The predicted molar refractivity (Wildman–Crippen MR) is 133 cm³/mol. The van der Waals surface area contributed by atoms with E-state index in [4.69, 9.17) is 16.3 Å². The SMILES string of the molecule is CN(C)c1cccc2c(S(=O)(=O)N[C@H]3CCCN(CC(=O)NCCON=C(N)N)C3=O)cccc12. The Bertz CT molecular complexity index is 1210. The van der Waals surface area contributed by atoms with Crippen LogP contribution in [0, 0.1) is 0 Å². The average Bonchev–Trinajstić information content (AvgIpc) is 2.80. The van der Waals surface area contributed by atoms with Crippen molar-refractivity contribution in [3.05, 3.63) is 36.4 Å². The highest BCUT2D eigenvalue weighted by molar-refractivity contribution is 7.89. The molecule has 0 unspecified atom stereocenters. The van der Waals surface area contributed by atoms with Crippen LogP contribution in [0.25, 0.3) is 10.8 Å². The fourth-order valence-electron chi connectivity index (χ4n) is 3.93. The van der Waals surface area contributed by atoms with Crippen molar-refractivity contribution in [3.8, 4) is 0 Å². The van der Waals surface area contributed by atoms with Crippen LogP contribution in [0.1, 0.15) is 12.8 Å². The number of nitrogens with two attached hydrogens (primary N) is 2. The minimum Gasteiger partial charge on any atom is -0.391 e. The number of carbonyl (C=O) groups is 2. The molecule has 1 aliphatic heterocycles. The minimum atomic E-state index is -4.01. The highest BCUT2D eigenvalue weighted by Gasteiger charge is 2.33. The van der Waals surface area contributed by atoms with E-state index in [0.717, 1.165) is 11.1 Å². The van der Waals surface area contributed by atoms with Gasteiger partial charge in [0, 0.05) is 37.1 Å². The zero-order valence-electron chi connectivity index (χ0n) is 19.7. The number of anilines is 1. The normalized spacial score (nSPS) is 16.1. The molecular weight excluding hydrogens is 474 g/mol. The van der Waals surface area contributed by atoms with Crippen LogP contribution in [0.3, 0.4) is 0 Å². The summed E-state index contributed by atoms with van der Waals surface area (Å²) in [7, 11) is -0.236. The number of carbonyl (C=O) groups excluding carboxylic acids is 2. The zero-order valence-corrected chi connectivity index (χ0v) is 20.5. The van der Waals surface area contributed by atoms with E-state index in [2.05, 4.69) is 15.2 Å². The van der Waals surface area contributed by atoms with Gasteiger partial charge < -0.3 is 31.4 Å². The van der Waals surface area contributed by atoms with Crippen molar-refractivity contribution < 1.29 is 22.8 Å². The summed E-state index contributed by atoms with van der Waals surface area (Å²) in [5.74, 6) is -1.08. The molecule has 190 valence electrons. The molecule has 2 aromatic rings. The van der Waals surface area contributed by atoms with Crippen molar-refractivity contribution in [1.82, 2.24) is 14.9 Å². The monoisotopic (exact) mass is 505 g/mol. The largest absolute Gasteiger partial charge is 0.391 e. The number of nitrogens with one attached hydrogen (secondary N) is 2. The summed E-state index contributed by atoms with van der Waals surface area (Å²) < 4.78 is 29.2. The second kappa shape index (κ2) is 11.2. The molecule has 0 saturated carbocycles. The first-order chi connectivity index (χ1) is 16.6. The summed E-state index contributed by atoms with van der Waals surface area (Å²) in [6, 6.07) is 9.55. The van der Waals surface area contributed by atoms with Crippen LogP contribution >= 0.6 is 0 Å². The molecule has 0 aliphatic carbocycles. The van der Waals surface area contributed by atoms with Gasteiger partial charge >= 0.3 is 0 Å². The maximum absolute atomic E-state index is 13.3. The van der Waals surface area contributed by atoms with Crippen molar-refractivity contribution >= 4 is 44.3 Å². The topological polar surface area (TPSA) is 172 Å². The number of nitrogens with zero attached hydrogens (tertiary/aromatic N) is 3. The molecule has 1 aliphatic rings. The molecule has 13 heteroatoms. The van der Waals surface area contributed by atoms with Crippen molar-refractivity contribution in [2.75, 3.05) is 45.2 Å². The van der Waals surface area contributed by atoms with Gasteiger partial charge in [0.15, 0.2) is 0 Å². The van der Waals surface area contributed by atoms with E-state index in [1.807, 2.05) is 31.1 Å². The lowest BCUT2D eigenvalue weighted by Crippen LogP contribution is -2.54. The molecule has 6 N–H and O–H groups in total. The predicted octanol–water partition coefficient (Wildman–Crippen LogP) is -0.504. The van der Waals surface area contributed by atoms with Gasteiger partial charge in [-0.25, -0.2) is 8.42 Å². The highest BCUT2D eigenvalue weighted by Crippen LogP contribution is 2.30. The van der Waals surface area contributed by atoms with Gasteiger partial charge in [0.2, 0.25) is 27.8 Å². The molecule has 1 atom stereocenters. The van der Waals surface area contributed by atoms with Crippen LogP contribution in [0.15, 0.2) is 46.4 Å². The first-order valence-electron chi connectivity index (χ1n) is 11.1. The van der Waals surface area contributed by atoms with Crippen LogP contribution in [-0.2, 0) is 24.4 Å². The fourth-order valence-corrected chi connectivity index (χ4v) is 5.38. The van der Waals surface area contributed by atoms with Crippen molar-refractivity contribution in [2.45, 2.75) is 23.8 Å². The Balaban J connectivity index is 1.68. The van der Waals surface area contributed by atoms with E-state index < -0.39 is 27.9 Å². The third-order valence-electron chi connectivity index (χ3n) is 5.48. The maximum atomic E-state index is 13.3. The number of sulfonamides is 1. The summed E-state index contributed by atoms with van der Waals surface area (Å²) >= 11 is 0. The number of fused-ring (bicyclic) bond motifs is 1. The summed E-state index contributed by atoms with van der Waals surface area (Å²) in [6.07, 6.45) is 0.899. The van der Waals surface area contributed by atoms with Gasteiger partial charge in [0.25, 0.3) is 0 Å². The number of likely N-dealkylation sites (tertiary alicyclic amines) is 1. The Morgan fingerprint density at radius 2 is 1.91 bits per heavy atom. The summed E-state index contributed by atoms with van der Waals surface area (Å²) in [4.78, 5) is 33.3. The second-order valence-electron chi connectivity index (χ2n) is 8.30. The fraction of sp³-hybridized carbons (Fsp3) is 0.409. The number of amides is 2. The molecule has 35 heavy (non-hydrogen) atoms. The van der Waals surface area contributed by atoms with E-state index >= 15 is 0 Å². The lowest BCUT2D eigenvalue weighted by Gasteiger charge is -2.32. The Morgan fingerprint density at radius 1 is 1.20 bits per heavy atom. The number of rotatable bonds is 10. The minimum absolute atomic E-state index is 0.0561. The van der Waals surface area contributed by atoms with Crippen LogP contribution in [0.4, 0.5) is 5.69 Å². The molecule has 0 radical (unpaired) electrons. The van der Waals surface area contributed by atoms with Crippen LogP contribution < -0.4 is 26.4 Å². The smallest absolute Gasteiger partial charge is 0.241 e. The van der Waals surface area contributed by atoms with E-state index in [0.29, 0.717) is 24.8 Å². The van der Waals surface area contributed by atoms with Gasteiger partial charge in [-0.05, 0) is 30.1 Å². The summed E-state index contributed by atoms with van der Waals surface area (Å²) in [5.41, 5.74) is 11.2. The number of hydrogen-bond donors (Lipinski definition) is 4. The Kier molecular flexibility index (Phi) is 8.35. The molecule has 3 rings (SSSR count). The van der Waals surface area contributed by atoms with E-state index in [-0.39, 0.29) is 30.6 Å². The molecular formula is C22H31N7O5S. The molecule has 2 amide bonds. The number of hydrogen-bond acceptors (Lipinski definition) is 7. The van der Waals surface area contributed by atoms with Gasteiger partial charge in [-0.3, -0.25) is 9.59 Å². The number of piperidine rings is 1. The third-order valence-corrected chi connectivity index (χ3v) is 7.01. The molecule has 1 saturated heterocycles. The van der Waals surface area contributed by atoms with Gasteiger partial charge in [-0.2, -0.15) is 4.72 Å². The lowest BCUT2D eigenvalue weighted by molar-refractivity contribution is -0.139.